The Labute approximate surface area is 323 Å². The van der Waals surface area contributed by atoms with E-state index in [4.69, 9.17) is 40.7 Å². The van der Waals surface area contributed by atoms with E-state index < -0.39 is 55.7 Å². The van der Waals surface area contributed by atoms with Gasteiger partial charge in [-0.2, -0.15) is 0 Å². The van der Waals surface area contributed by atoms with Gasteiger partial charge in [0.15, 0.2) is 6.29 Å². The molecule has 0 N–H and O–H groups in total. The average molecular weight is 801 g/mol. The van der Waals surface area contributed by atoms with Gasteiger partial charge in [0, 0.05) is 6.42 Å². The van der Waals surface area contributed by atoms with Crippen molar-refractivity contribution >= 4 is 31.1 Å². The lowest BCUT2D eigenvalue weighted by molar-refractivity contribution is -0.216. The summed E-state index contributed by atoms with van der Waals surface area (Å²) < 4.78 is 73.2. The molecule has 296 valence electrons. The lowest BCUT2D eigenvalue weighted by atomic mass is 10.0. The lowest BCUT2D eigenvalue weighted by Gasteiger charge is -2.54. The number of phosphoric ester groups is 1. The summed E-state index contributed by atoms with van der Waals surface area (Å²) in [7, 11) is -10.8. The highest BCUT2D eigenvalue weighted by Gasteiger charge is 2.62. The van der Waals surface area contributed by atoms with Gasteiger partial charge in [-0.15, -0.1) is 0 Å². The molecule has 0 saturated carbocycles. The molecule has 3 aromatic rings. The zero-order chi connectivity index (χ0) is 38.9. The second kappa shape index (κ2) is 19.0. The Balaban J connectivity index is 1.48. The first-order valence-electron chi connectivity index (χ1n) is 19.0. The molecule has 3 aromatic carbocycles. The average Bonchev–Trinajstić information content (AvgIpc) is 3.15. The summed E-state index contributed by atoms with van der Waals surface area (Å²) >= 11 is 0. The fourth-order valence-electron chi connectivity index (χ4n) is 7.02. The van der Waals surface area contributed by atoms with Crippen LogP contribution < -0.4 is 0 Å². The molecule has 54 heavy (non-hydrogen) atoms. The van der Waals surface area contributed by atoms with Crippen molar-refractivity contribution in [1.29, 1.82) is 0 Å². The van der Waals surface area contributed by atoms with Gasteiger partial charge in [0.25, 0.3) is 0 Å². The summed E-state index contributed by atoms with van der Waals surface area (Å²) in [5, 5.41) is 0. The highest BCUT2D eigenvalue weighted by molar-refractivity contribution is 7.48. The van der Waals surface area contributed by atoms with Gasteiger partial charge in [-0.3, -0.25) is 13.6 Å². The monoisotopic (exact) mass is 800 g/mol. The molecule has 0 aliphatic carbocycles. The Morgan fingerprint density at radius 2 is 1.13 bits per heavy atom. The maximum atomic E-state index is 14.8. The standard InChI is InChI=1S/C40H57O11PSi2/c1-29(2)53(30(3)4)49-37-24-36(47-40(41)44-25-33-18-12-9-13-19-33)28-43-38(37)39(50-54(51-53,31(5)6)32(7)8)48-52(42,45-26-34-20-14-10-15-21-34)46-27-35-22-16-11-17-23-35/h9-23,29-32,36-39H,24-28H2,1-8H3. The third-order valence-electron chi connectivity index (χ3n) is 9.94. The largest absolute Gasteiger partial charge is 0.508 e. The third kappa shape index (κ3) is 10.6. The summed E-state index contributed by atoms with van der Waals surface area (Å²) in [5.74, 6) is 0. The number of fused-ring (bicyclic) bond motifs is 1. The quantitative estimate of drug-likeness (QED) is 0.0830. The minimum atomic E-state index is -4.37. The molecule has 2 aliphatic heterocycles. The number of ether oxygens (including phenoxy) is 3. The van der Waals surface area contributed by atoms with Gasteiger partial charge in [-0.25, -0.2) is 9.36 Å². The van der Waals surface area contributed by atoms with E-state index in [9.17, 15) is 9.36 Å². The summed E-state index contributed by atoms with van der Waals surface area (Å²) in [6.45, 7) is 16.9. The predicted octanol–water partition coefficient (Wildman–Crippen LogP) is 10.3. The minimum absolute atomic E-state index is 0.00487. The molecule has 0 spiro atoms. The number of phosphoric acid groups is 1. The Morgan fingerprint density at radius 3 is 1.59 bits per heavy atom. The van der Waals surface area contributed by atoms with Crippen molar-refractivity contribution in [3.8, 4) is 0 Å². The van der Waals surface area contributed by atoms with E-state index in [0.717, 1.165) is 16.7 Å². The summed E-state index contributed by atoms with van der Waals surface area (Å²) in [6.07, 6.45) is -4.17. The molecule has 2 heterocycles. The normalized spacial score (nSPS) is 22.8. The van der Waals surface area contributed by atoms with Crippen molar-refractivity contribution in [2.24, 2.45) is 0 Å². The second-order valence-corrected chi connectivity index (χ2v) is 25.6. The molecule has 11 nitrogen and oxygen atoms in total. The van der Waals surface area contributed by atoms with Gasteiger partial charge in [0.1, 0.15) is 18.8 Å². The van der Waals surface area contributed by atoms with Crippen LogP contribution >= 0.6 is 7.82 Å². The van der Waals surface area contributed by atoms with Gasteiger partial charge in [0.05, 0.1) is 25.9 Å². The van der Waals surface area contributed by atoms with E-state index in [-0.39, 0.29) is 55.0 Å². The molecule has 14 heteroatoms. The maximum Gasteiger partial charge on any atom is 0.508 e. The minimum Gasteiger partial charge on any atom is -0.429 e. The first kappa shape index (κ1) is 42.5. The highest BCUT2D eigenvalue weighted by Crippen LogP contribution is 2.55. The number of carbonyl (C=O) groups excluding carboxylic acids is 1. The van der Waals surface area contributed by atoms with E-state index in [1.165, 1.54) is 0 Å². The molecule has 0 bridgehead atoms. The van der Waals surface area contributed by atoms with Crippen LogP contribution in [0.3, 0.4) is 0 Å². The molecule has 0 radical (unpaired) electrons. The summed E-state index contributed by atoms with van der Waals surface area (Å²) in [6, 6.07) is 28.2. The van der Waals surface area contributed by atoms with Gasteiger partial charge in [-0.05, 0) is 38.9 Å². The Kier molecular flexibility index (Phi) is 14.9. The van der Waals surface area contributed by atoms with Crippen LogP contribution in [0.2, 0.25) is 22.2 Å². The zero-order valence-corrected chi connectivity index (χ0v) is 35.6. The van der Waals surface area contributed by atoms with Crippen LogP contribution in [0.4, 0.5) is 4.79 Å². The van der Waals surface area contributed by atoms with Crippen LogP contribution in [0, 0.1) is 0 Å². The summed E-state index contributed by atoms with van der Waals surface area (Å²) in [5.41, 5.74) is 2.36. The second-order valence-electron chi connectivity index (χ2n) is 15.2. The van der Waals surface area contributed by atoms with E-state index in [1.807, 2.05) is 91.0 Å². The van der Waals surface area contributed by atoms with Crippen molar-refractivity contribution in [1.82, 2.24) is 0 Å². The van der Waals surface area contributed by atoms with Crippen molar-refractivity contribution in [3.63, 3.8) is 0 Å². The Morgan fingerprint density at radius 1 is 0.685 bits per heavy atom. The van der Waals surface area contributed by atoms with E-state index in [2.05, 4.69) is 55.4 Å². The first-order valence-corrected chi connectivity index (χ1v) is 24.4. The topological polar surface area (TPSA) is 117 Å². The number of benzene rings is 3. The number of hydrogen-bond donors (Lipinski definition) is 0. The number of rotatable bonds is 15. The highest BCUT2D eigenvalue weighted by atomic mass is 31.2. The fraction of sp³-hybridized carbons (Fsp3) is 0.525. The van der Waals surface area contributed by atoms with Crippen molar-refractivity contribution < 1.29 is 50.1 Å². The van der Waals surface area contributed by atoms with Crippen LogP contribution in [-0.2, 0) is 65.1 Å². The van der Waals surface area contributed by atoms with E-state index >= 15 is 0 Å². The number of carbonyl (C=O) groups is 1. The Bertz CT molecular complexity index is 1580. The van der Waals surface area contributed by atoms with Crippen LogP contribution in [0.5, 0.6) is 0 Å². The molecule has 0 amide bonds. The smallest absolute Gasteiger partial charge is 0.429 e. The van der Waals surface area contributed by atoms with Gasteiger partial charge < -0.3 is 27.2 Å². The zero-order valence-electron chi connectivity index (χ0n) is 32.8. The molecule has 0 aromatic heterocycles. The molecule has 2 saturated heterocycles. The molecule has 5 rings (SSSR count). The third-order valence-corrected chi connectivity index (χ3v) is 21.6. The van der Waals surface area contributed by atoms with Crippen LogP contribution in [-0.4, -0.2) is 54.5 Å². The van der Waals surface area contributed by atoms with Crippen LogP contribution in [0.25, 0.3) is 0 Å². The predicted molar refractivity (Wildman–Crippen MR) is 210 cm³/mol. The molecule has 4 unspecified atom stereocenters. The molecule has 2 fully saturated rings. The van der Waals surface area contributed by atoms with Crippen LogP contribution in [0.1, 0.15) is 78.5 Å². The van der Waals surface area contributed by atoms with Crippen molar-refractivity contribution in [3.05, 3.63) is 108 Å². The molecule has 2 aliphatic rings. The fourth-order valence-corrected chi connectivity index (χ4v) is 19.5. The number of hydrogen-bond acceptors (Lipinski definition) is 11. The molecule has 4 atom stereocenters. The Hall–Kier alpha value is -2.69. The van der Waals surface area contributed by atoms with Crippen molar-refractivity contribution in [2.75, 3.05) is 6.61 Å². The SMILES string of the molecule is CC(C)[Si]1(C(C)C)OC2CC(OC(=O)OCc3ccccc3)COC2C(OP(=O)(OCc2ccccc2)OCc2ccccc2)O[Si](C(C)C)(C(C)C)O1. The summed E-state index contributed by atoms with van der Waals surface area (Å²) in [4.78, 5) is 12.9. The van der Waals surface area contributed by atoms with Gasteiger partial charge >= 0.3 is 31.1 Å². The van der Waals surface area contributed by atoms with Crippen molar-refractivity contribution in [2.45, 2.75) is 128 Å². The molecular weight excluding hydrogens is 744 g/mol. The van der Waals surface area contributed by atoms with E-state index in [1.54, 1.807) is 0 Å². The molecular formula is C40H57O11PSi2. The van der Waals surface area contributed by atoms with Gasteiger partial charge in [-0.1, -0.05) is 146 Å². The first-order chi connectivity index (χ1) is 25.7. The lowest BCUT2D eigenvalue weighted by Crippen LogP contribution is -2.68. The van der Waals surface area contributed by atoms with Gasteiger partial charge in [0.2, 0.25) is 0 Å². The van der Waals surface area contributed by atoms with Crippen LogP contribution in [0.15, 0.2) is 91.0 Å². The van der Waals surface area contributed by atoms with E-state index in [0.29, 0.717) is 0 Å². The maximum absolute atomic E-state index is 14.8.